The fourth-order valence-electron chi connectivity index (χ4n) is 1.41. The predicted octanol–water partition coefficient (Wildman–Crippen LogP) is 1.85. The van der Waals surface area contributed by atoms with Crippen LogP contribution in [0.2, 0.25) is 5.02 Å². The lowest BCUT2D eigenvalue weighted by Crippen LogP contribution is -2.14. The lowest BCUT2D eigenvalue weighted by Gasteiger charge is -2.12. The van der Waals surface area contributed by atoms with E-state index in [0.29, 0.717) is 0 Å². The summed E-state index contributed by atoms with van der Waals surface area (Å²) in [5, 5.41) is -0.158. The molecule has 0 aliphatic carbocycles. The Balaban J connectivity index is 3.23. The molecule has 0 bridgehead atoms. The maximum absolute atomic E-state index is 12.8. The summed E-state index contributed by atoms with van der Waals surface area (Å²) in [4.78, 5) is 14.9. The molecule has 0 fully saturated rings. The van der Waals surface area contributed by atoms with Gasteiger partial charge in [0.25, 0.3) is 6.43 Å². The van der Waals surface area contributed by atoms with Crippen LogP contribution in [0.5, 0.6) is 0 Å². The number of halogens is 3. The SMILES string of the molecule is COC(=O)Cc1ncc(Cl)c(C(F)F)c1CN. The average Bonchev–Trinajstić information content (AvgIpc) is 2.30. The van der Waals surface area contributed by atoms with Crippen LogP contribution in [0.25, 0.3) is 0 Å². The first kappa shape index (κ1) is 13.8. The van der Waals surface area contributed by atoms with Gasteiger partial charge in [-0.1, -0.05) is 11.6 Å². The molecule has 1 rings (SSSR count). The highest BCUT2D eigenvalue weighted by Crippen LogP contribution is 2.31. The fourth-order valence-corrected chi connectivity index (χ4v) is 1.65. The van der Waals surface area contributed by atoms with Crippen LogP contribution in [0.1, 0.15) is 23.2 Å². The Kier molecular flexibility index (Phi) is 4.77. The lowest BCUT2D eigenvalue weighted by molar-refractivity contribution is -0.139. The van der Waals surface area contributed by atoms with Gasteiger partial charge in [-0.25, -0.2) is 8.78 Å². The molecule has 1 aromatic rings. The molecule has 0 aliphatic rings. The van der Waals surface area contributed by atoms with Crippen molar-refractivity contribution in [3.05, 3.63) is 28.0 Å². The molecular formula is C10H11ClF2N2O2. The Morgan fingerprint density at radius 1 is 1.65 bits per heavy atom. The molecule has 0 atom stereocenters. The molecule has 1 heterocycles. The minimum absolute atomic E-state index is 0.0953. The Bertz CT molecular complexity index is 427. The molecule has 0 amide bonds. The fraction of sp³-hybridized carbons (Fsp3) is 0.400. The Labute approximate surface area is 102 Å². The van der Waals surface area contributed by atoms with E-state index in [-0.39, 0.29) is 34.8 Å². The molecule has 7 heteroatoms. The molecule has 0 unspecified atom stereocenters. The van der Waals surface area contributed by atoms with Gasteiger partial charge >= 0.3 is 5.97 Å². The third-order valence-corrected chi connectivity index (χ3v) is 2.53. The monoisotopic (exact) mass is 264 g/mol. The van der Waals surface area contributed by atoms with Crippen LogP contribution in [0.3, 0.4) is 0 Å². The zero-order chi connectivity index (χ0) is 13.0. The van der Waals surface area contributed by atoms with Gasteiger partial charge in [0.15, 0.2) is 0 Å². The molecule has 0 saturated carbocycles. The van der Waals surface area contributed by atoms with Crippen molar-refractivity contribution in [3.8, 4) is 0 Å². The molecule has 94 valence electrons. The number of nitrogens with two attached hydrogens (primary N) is 1. The van der Waals surface area contributed by atoms with E-state index >= 15 is 0 Å². The molecule has 0 radical (unpaired) electrons. The second-order valence-corrected chi connectivity index (χ2v) is 3.61. The Hall–Kier alpha value is -1.27. The number of esters is 1. The number of alkyl halides is 2. The summed E-state index contributed by atoms with van der Waals surface area (Å²) in [5.74, 6) is -0.574. The molecule has 0 aliphatic heterocycles. The first-order chi connectivity index (χ1) is 8.01. The molecule has 17 heavy (non-hydrogen) atoms. The molecule has 0 spiro atoms. The highest BCUT2D eigenvalue weighted by atomic mass is 35.5. The van der Waals surface area contributed by atoms with Gasteiger partial charge in [-0.3, -0.25) is 9.78 Å². The van der Waals surface area contributed by atoms with Crippen LogP contribution >= 0.6 is 11.6 Å². The number of hydrogen-bond acceptors (Lipinski definition) is 4. The molecule has 1 aromatic heterocycles. The number of pyridine rings is 1. The van der Waals surface area contributed by atoms with Crippen molar-refractivity contribution in [2.75, 3.05) is 7.11 Å². The number of nitrogens with zero attached hydrogens (tertiary/aromatic N) is 1. The van der Waals surface area contributed by atoms with E-state index in [0.717, 1.165) is 6.20 Å². The standard InChI is InChI=1S/C10H11ClF2N2O2/c1-17-8(16)2-7-5(3-14)9(10(12)13)6(11)4-15-7/h4,10H,2-3,14H2,1H3. The van der Waals surface area contributed by atoms with Crippen molar-refractivity contribution >= 4 is 17.6 Å². The summed E-state index contributed by atoms with van der Waals surface area (Å²) in [6.45, 7) is -0.167. The van der Waals surface area contributed by atoms with Crippen molar-refractivity contribution < 1.29 is 18.3 Å². The van der Waals surface area contributed by atoms with Crippen LogP contribution < -0.4 is 5.73 Å². The Morgan fingerprint density at radius 2 is 2.29 bits per heavy atom. The van der Waals surface area contributed by atoms with E-state index in [2.05, 4.69) is 9.72 Å². The summed E-state index contributed by atoms with van der Waals surface area (Å²) >= 11 is 5.63. The minimum Gasteiger partial charge on any atom is -0.469 e. The average molecular weight is 265 g/mol. The third-order valence-electron chi connectivity index (χ3n) is 2.23. The van der Waals surface area contributed by atoms with E-state index in [1.54, 1.807) is 0 Å². The van der Waals surface area contributed by atoms with Crippen LogP contribution in [0.15, 0.2) is 6.20 Å². The zero-order valence-corrected chi connectivity index (χ0v) is 9.80. The van der Waals surface area contributed by atoms with Crippen LogP contribution in [-0.4, -0.2) is 18.1 Å². The van der Waals surface area contributed by atoms with Crippen molar-refractivity contribution in [1.82, 2.24) is 4.98 Å². The minimum atomic E-state index is -2.76. The summed E-state index contributed by atoms with van der Waals surface area (Å²) in [6.07, 6.45) is -1.89. The van der Waals surface area contributed by atoms with Gasteiger partial charge in [-0.15, -0.1) is 0 Å². The predicted molar refractivity (Wildman–Crippen MR) is 57.8 cm³/mol. The zero-order valence-electron chi connectivity index (χ0n) is 9.04. The van der Waals surface area contributed by atoms with Crippen molar-refractivity contribution in [1.29, 1.82) is 0 Å². The van der Waals surface area contributed by atoms with Gasteiger partial charge in [-0.2, -0.15) is 0 Å². The molecule has 0 aromatic carbocycles. The highest BCUT2D eigenvalue weighted by Gasteiger charge is 2.21. The highest BCUT2D eigenvalue weighted by molar-refractivity contribution is 6.31. The summed E-state index contributed by atoms with van der Waals surface area (Å²) in [6, 6.07) is 0. The van der Waals surface area contributed by atoms with Gasteiger partial charge in [-0.05, 0) is 5.56 Å². The maximum atomic E-state index is 12.8. The first-order valence-corrected chi connectivity index (χ1v) is 5.10. The van der Waals surface area contributed by atoms with Gasteiger partial charge in [0, 0.05) is 18.3 Å². The summed E-state index contributed by atoms with van der Waals surface area (Å²) in [7, 11) is 1.20. The maximum Gasteiger partial charge on any atom is 0.311 e. The summed E-state index contributed by atoms with van der Waals surface area (Å²) < 4.78 is 30.0. The van der Waals surface area contributed by atoms with Crippen molar-refractivity contribution in [2.24, 2.45) is 5.73 Å². The molecule has 2 N–H and O–H groups in total. The van der Waals surface area contributed by atoms with Crippen LogP contribution in [-0.2, 0) is 22.5 Å². The first-order valence-electron chi connectivity index (χ1n) is 4.72. The van der Waals surface area contributed by atoms with Crippen LogP contribution in [0.4, 0.5) is 8.78 Å². The van der Waals surface area contributed by atoms with Gasteiger partial charge < -0.3 is 10.5 Å². The number of carbonyl (C=O) groups is 1. The van der Waals surface area contributed by atoms with E-state index in [1.807, 2.05) is 0 Å². The second kappa shape index (κ2) is 5.88. The number of methoxy groups -OCH3 is 1. The normalized spacial score (nSPS) is 10.7. The van der Waals surface area contributed by atoms with Crippen molar-refractivity contribution in [2.45, 2.75) is 19.4 Å². The van der Waals surface area contributed by atoms with E-state index in [1.165, 1.54) is 7.11 Å². The molecule has 0 saturated heterocycles. The molecule has 4 nitrogen and oxygen atoms in total. The quantitative estimate of drug-likeness (QED) is 0.843. The third kappa shape index (κ3) is 3.10. The van der Waals surface area contributed by atoms with Crippen molar-refractivity contribution in [3.63, 3.8) is 0 Å². The number of carbonyl (C=O) groups excluding carboxylic acids is 1. The van der Waals surface area contributed by atoms with E-state index in [4.69, 9.17) is 17.3 Å². The van der Waals surface area contributed by atoms with E-state index in [9.17, 15) is 13.6 Å². The lowest BCUT2D eigenvalue weighted by atomic mass is 10.0. The van der Waals surface area contributed by atoms with Gasteiger partial charge in [0.05, 0.1) is 24.2 Å². The topological polar surface area (TPSA) is 65.2 Å². The van der Waals surface area contributed by atoms with Gasteiger partial charge in [0.1, 0.15) is 0 Å². The van der Waals surface area contributed by atoms with E-state index < -0.39 is 12.4 Å². The van der Waals surface area contributed by atoms with Crippen LogP contribution in [0, 0.1) is 0 Å². The smallest absolute Gasteiger partial charge is 0.311 e. The number of hydrogen-bond donors (Lipinski definition) is 1. The summed E-state index contributed by atoms with van der Waals surface area (Å²) in [5.41, 5.74) is 5.28. The number of rotatable bonds is 4. The largest absolute Gasteiger partial charge is 0.469 e. The second-order valence-electron chi connectivity index (χ2n) is 3.20. The Morgan fingerprint density at radius 3 is 2.76 bits per heavy atom. The van der Waals surface area contributed by atoms with Gasteiger partial charge in [0.2, 0.25) is 0 Å². The number of aromatic nitrogens is 1. The molecular weight excluding hydrogens is 254 g/mol. The number of ether oxygens (including phenoxy) is 1.